The Bertz CT molecular complexity index is 474. The average molecular weight is 267 g/mol. The molecule has 1 unspecified atom stereocenters. The summed E-state index contributed by atoms with van der Waals surface area (Å²) in [6, 6.07) is 3.56. The van der Waals surface area contributed by atoms with Gasteiger partial charge in [0.1, 0.15) is 5.75 Å². The van der Waals surface area contributed by atoms with E-state index < -0.39 is 4.92 Å². The van der Waals surface area contributed by atoms with E-state index in [-0.39, 0.29) is 35.5 Å². The van der Waals surface area contributed by atoms with E-state index in [0.29, 0.717) is 6.42 Å². The van der Waals surface area contributed by atoms with Gasteiger partial charge in [-0.1, -0.05) is 0 Å². The predicted octanol–water partition coefficient (Wildman–Crippen LogP) is 1.76. The number of nitrogens with one attached hydrogen (secondary N) is 1. The van der Waals surface area contributed by atoms with Gasteiger partial charge in [-0.15, -0.1) is 0 Å². The molecule has 0 radical (unpaired) electrons. The number of aromatic hydroxyl groups is 1. The van der Waals surface area contributed by atoms with Crippen LogP contribution < -0.4 is 11.1 Å². The first-order valence-electron chi connectivity index (χ1n) is 5.93. The van der Waals surface area contributed by atoms with E-state index in [1.54, 1.807) is 0 Å². The van der Waals surface area contributed by atoms with E-state index in [4.69, 9.17) is 5.73 Å². The summed E-state index contributed by atoms with van der Waals surface area (Å²) in [6.07, 6.45) is 1.68. The Morgan fingerprint density at radius 2 is 2.26 bits per heavy atom. The van der Waals surface area contributed by atoms with Crippen LogP contribution in [0.25, 0.3) is 0 Å². The van der Waals surface area contributed by atoms with Gasteiger partial charge in [-0.25, -0.2) is 0 Å². The summed E-state index contributed by atoms with van der Waals surface area (Å²) in [5.74, 6) is -0.584. The number of hydrogen-bond donors (Lipinski definition) is 3. The SMILES string of the molecule is CC(N)CCCC(=O)Nc1ccc([N+](=O)[O-])cc1O. The van der Waals surface area contributed by atoms with Crippen LogP contribution in [-0.4, -0.2) is 22.0 Å². The minimum Gasteiger partial charge on any atom is -0.506 e. The van der Waals surface area contributed by atoms with Crippen LogP contribution in [0, 0.1) is 10.1 Å². The van der Waals surface area contributed by atoms with Gasteiger partial charge >= 0.3 is 0 Å². The lowest BCUT2D eigenvalue weighted by atomic mass is 10.1. The fourth-order valence-electron chi connectivity index (χ4n) is 1.54. The third-order valence-corrected chi connectivity index (χ3v) is 2.53. The van der Waals surface area contributed by atoms with Crippen molar-refractivity contribution in [3.05, 3.63) is 28.3 Å². The smallest absolute Gasteiger partial charge is 0.273 e. The Morgan fingerprint density at radius 1 is 1.58 bits per heavy atom. The first-order valence-corrected chi connectivity index (χ1v) is 5.93. The molecular formula is C12H17N3O4. The number of amides is 1. The van der Waals surface area contributed by atoms with Crippen LogP contribution >= 0.6 is 0 Å². The quantitative estimate of drug-likeness (QED) is 0.412. The highest BCUT2D eigenvalue weighted by molar-refractivity contribution is 5.92. The molecule has 0 fully saturated rings. The van der Waals surface area contributed by atoms with Crippen LogP contribution in [0.4, 0.5) is 11.4 Å². The number of anilines is 1. The highest BCUT2D eigenvalue weighted by Gasteiger charge is 2.12. The molecule has 0 aromatic heterocycles. The average Bonchev–Trinajstić information content (AvgIpc) is 2.31. The molecule has 1 aromatic rings. The molecular weight excluding hydrogens is 250 g/mol. The molecule has 7 heteroatoms. The van der Waals surface area contributed by atoms with E-state index in [1.807, 2.05) is 6.92 Å². The van der Waals surface area contributed by atoms with Gasteiger partial charge in [-0.3, -0.25) is 14.9 Å². The predicted molar refractivity (Wildman–Crippen MR) is 70.9 cm³/mol. The largest absolute Gasteiger partial charge is 0.506 e. The van der Waals surface area contributed by atoms with E-state index in [1.165, 1.54) is 12.1 Å². The van der Waals surface area contributed by atoms with Crippen molar-refractivity contribution in [3.63, 3.8) is 0 Å². The molecule has 1 aromatic carbocycles. The summed E-state index contributed by atoms with van der Waals surface area (Å²) in [6.45, 7) is 1.86. The van der Waals surface area contributed by atoms with Gasteiger partial charge in [0.15, 0.2) is 0 Å². The Balaban J connectivity index is 2.57. The monoisotopic (exact) mass is 267 g/mol. The Kier molecular flexibility index (Phi) is 5.25. The van der Waals surface area contributed by atoms with Gasteiger partial charge in [-0.05, 0) is 25.8 Å². The zero-order valence-corrected chi connectivity index (χ0v) is 10.6. The lowest BCUT2D eigenvalue weighted by Crippen LogP contribution is -2.16. The number of nitrogens with two attached hydrogens (primary N) is 1. The van der Waals surface area contributed by atoms with Gasteiger partial charge in [0, 0.05) is 18.5 Å². The van der Waals surface area contributed by atoms with Gasteiger partial charge in [0.05, 0.1) is 16.7 Å². The zero-order chi connectivity index (χ0) is 14.4. The van der Waals surface area contributed by atoms with Crippen molar-refractivity contribution in [1.82, 2.24) is 0 Å². The summed E-state index contributed by atoms with van der Waals surface area (Å²) >= 11 is 0. The standard InChI is InChI=1S/C12H17N3O4/c1-8(13)3-2-4-12(17)14-10-6-5-9(15(18)19)7-11(10)16/h5-8,16H,2-4,13H2,1H3,(H,14,17). The Labute approximate surface area is 110 Å². The van der Waals surface area contributed by atoms with Crippen molar-refractivity contribution in [1.29, 1.82) is 0 Å². The summed E-state index contributed by atoms with van der Waals surface area (Å²) in [5, 5.41) is 22.5. The van der Waals surface area contributed by atoms with E-state index >= 15 is 0 Å². The number of phenolic OH excluding ortho intramolecular Hbond substituents is 1. The molecule has 4 N–H and O–H groups in total. The summed E-state index contributed by atoms with van der Waals surface area (Å²) < 4.78 is 0. The number of benzene rings is 1. The van der Waals surface area contributed by atoms with Crippen LogP contribution in [0.1, 0.15) is 26.2 Å². The van der Waals surface area contributed by atoms with Gasteiger partial charge in [-0.2, -0.15) is 0 Å². The second kappa shape index (κ2) is 6.69. The number of nitrogens with zero attached hydrogens (tertiary/aromatic N) is 1. The van der Waals surface area contributed by atoms with Crippen LogP contribution in [0.15, 0.2) is 18.2 Å². The summed E-state index contributed by atoms with van der Waals surface area (Å²) in [5.41, 5.74) is 5.50. The molecule has 104 valence electrons. The second-order valence-electron chi connectivity index (χ2n) is 4.38. The van der Waals surface area contributed by atoms with Crippen LogP contribution in [0.2, 0.25) is 0 Å². The van der Waals surface area contributed by atoms with Crippen LogP contribution in [0.5, 0.6) is 5.75 Å². The van der Waals surface area contributed by atoms with Crippen molar-refractivity contribution >= 4 is 17.3 Å². The molecule has 0 aliphatic rings. The molecule has 1 rings (SSSR count). The number of phenols is 1. The first kappa shape index (κ1) is 14.9. The molecule has 0 saturated carbocycles. The molecule has 0 heterocycles. The molecule has 1 amide bonds. The molecule has 19 heavy (non-hydrogen) atoms. The van der Waals surface area contributed by atoms with Crippen molar-refractivity contribution < 1.29 is 14.8 Å². The highest BCUT2D eigenvalue weighted by Crippen LogP contribution is 2.27. The van der Waals surface area contributed by atoms with Crippen LogP contribution in [0.3, 0.4) is 0 Å². The fourth-order valence-corrected chi connectivity index (χ4v) is 1.54. The van der Waals surface area contributed by atoms with Crippen molar-refractivity contribution in [2.75, 3.05) is 5.32 Å². The first-order chi connectivity index (χ1) is 8.90. The molecule has 7 nitrogen and oxygen atoms in total. The maximum absolute atomic E-state index is 11.6. The fraction of sp³-hybridized carbons (Fsp3) is 0.417. The number of rotatable bonds is 6. The molecule has 0 spiro atoms. The van der Waals surface area contributed by atoms with Crippen LogP contribution in [-0.2, 0) is 4.79 Å². The highest BCUT2D eigenvalue weighted by atomic mass is 16.6. The van der Waals surface area contributed by atoms with Crippen molar-refractivity contribution in [2.24, 2.45) is 5.73 Å². The van der Waals surface area contributed by atoms with E-state index in [2.05, 4.69) is 5.32 Å². The van der Waals surface area contributed by atoms with Crippen molar-refractivity contribution in [3.8, 4) is 5.75 Å². The third-order valence-electron chi connectivity index (χ3n) is 2.53. The topological polar surface area (TPSA) is 118 Å². The molecule has 0 aliphatic heterocycles. The Morgan fingerprint density at radius 3 is 2.79 bits per heavy atom. The van der Waals surface area contributed by atoms with Gasteiger partial charge < -0.3 is 16.2 Å². The maximum atomic E-state index is 11.6. The number of carbonyl (C=O) groups excluding carboxylic acids is 1. The Hall–Kier alpha value is -2.15. The summed E-state index contributed by atoms with van der Waals surface area (Å²) in [7, 11) is 0. The van der Waals surface area contributed by atoms with Crippen molar-refractivity contribution in [2.45, 2.75) is 32.2 Å². The molecule has 1 atom stereocenters. The lowest BCUT2D eigenvalue weighted by molar-refractivity contribution is -0.384. The molecule has 0 saturated heterocycles. The van der Waals surface area contributed by atoms with E-state index in [0.717, 1.165) is 12.5 Å². The number of nitro benzene ring substituents is 1. The number of carbonyl (C=O) groups is 1. The third kappa shape index (κ3) is 4.92. The van der Waals surface area contributed by atoms with E-state index in [9.17, 15) is 20.0 Å². The minimum absolute atomic E-state index is 0.0422. The zero-order valence-electron chi connectivity index (χ0n) is 10.6. The molecule has 0 aliphatic carbocycles. The minimum atomic E-state index is -0.617. The lowest BCUT2D eigenvalue weighted by Gasteiger charge is -2.08. The number of nitro groups is 1. The number of hydrogen-bond acceptors (Lipinski definition) is 5. The molecule has 0 bridgehead atoms. The summed E-state index contributed by atoms with van der Waals surface area (Å²) in [4.78, 5) is 21.4. The number of non-ortho nitro benzene ring substituents is 1. The second-order valence-corrected chi connectivity index (χ2v) is 4.38. The van der Waals surface area contributed by atoms with Gasteiger partial charge in [0.2, 0.25) is 5.91 Å². The van der Waals surface area contributed by atoms with Gasteiger partial charge in [0.25, 0.3) is 5.69 Å². The maximum Gasteiger partial charge on any atom is 0.273 e. The normalized spacial score (nSPS) is 11.9.